The Bertz CT molecular complexity index is 3880. The molecule has 0 aliphatic carbocycles. The first kappa shape index (κ1) is 64.8. The Morgan fingerprint density at radius 2 is 1.05 bits per heavy atom. The molecule has 468 valence electrons. The number of hydrogen-bond acceptors (Lipinski definition) is 13. The number of aromatic amines is 2. The number of nitrogens with zero attached hydrogens (tertiary/aromatic N) is 10. The Hall–Kier alpha value is -8.24. The SMILES string of the molecule is COc1cc(C)[nH]c(=O)c1CN.COc1cc(C)[nH]c(=O)c1CNC(=O)c1cc2cc(-c3cncn3C)cn2c(C(C)N2CCN(CC(F)(F)F)CC2)c1C.Cc1c(C(=O)O)cc2cc(-c3cncn3C)cn2c1C(C)N1CCN(CC(F)(F)F)CC1. The topological polar surface area (TPSA) is 234 Å². The molecule has 8 aromatic rings. The van der Waals surface area contributed by atoms with Gasteiger partial charge in [-0.05, 0) is 89.1 Å². The number of methoxy groups -OCH3 is 2. The largest absolute Gasteiger partial charge is 0.496 e. The van der Waals surface area contributed by atoms with Gasteiger partial charge in [0.1, 0.15) is 11.5 Å². The number of nitrogens with one attached hydrogen (secondary N) is 3. The monoisotopic (exact) mass is 1220 g/mol. The van der Waals surface area contributed by atoms with Crippen LogP contribution in [0.2, 0.25) is 0 Å². The third-order valence-electron chi connectivity index (χ3n) is 16.1. The highest BCUT2D eigenvalue weighted by atomic mass is 19.4. The number of nitrogens with two attached hydrogens (primary N) is 1. The number of ether oxygens (including phenoxy) is 2. The van der Waals surface area contributed by atoms with Crippen LogP contribution in [0.3, 0.4) is 0 Å². The molecule has 0 aromatic carbocycles. The number of rotatable bonds is 15. The Morgan fingerprint density at radius 1 is 0.644 bits per heavy atom. The van der Waals surface area contributed by atoms with Gasteiger partial charge in [0.05, 0.1) is 87.0 Å². The summed E-state index contributed by atoms with van der Waals surface area (Å²) < 4.78 is 95.4. The van der Waals surface area contributed by atoms with Crippen molar-refractivity contribution in [1.82, 2.24) is 62.8 Å². The lowest BCUT2D eigenvalue weighted by Gasteiger charge is -2.39. The molecule has 21 nitrogen and oxygen atoms in total. The standard InChI is InChI=1S/C30H36F3N7O3.C22H26F3N5O2.C8H12N2O2/c1-18-10-26(43-5)24(29(42)36-18)13-35-28(41)23-12-22-11-21(25-14-34-17-37(25)4)15-40(22)27(19(23)2)20(3)39-8-6-38(7-9-39)16-30(31,32)33;1-14-18(21(31)32)9-17-8-16(19-10-26-13-27(19)3)11-30(17)20(14)15(2)29-6-4-28(5-7-29)12-22(23,24)25;1-5-3-7(12-2)6(4-9)8(11)10-5/h10-12,14-15,17,20H,6-9,13,16H2,1-5H3,(H,35,41)(H,36,42);8-11,13,15H,4-7,12H2,1-3H3,(H,31,32);3H,4,9H2,1-2H3,(H,10,11). The summed E-state index contributed by atoms with van der Waals surface area (Å²) in [5.74, 6) is -0.413. The number of fused-ring (bicyclic) bond motifs is 2. The van der Waals surface area contributed by atoms with E-state index < -0.39 is 31.4 Å². The van der Waals surface area contributed by atoms with Crippen LogP contribution in [-0.2, 0) is 27.2 Å². The van der Waals surface area contributed by atoms with E-state index >= 15 is 0 Å². The number of aromatic nitrogens is 8. The first-order chi connectivity index (χ1) is 41.1. The number of aromatic carboxylic acids is 1. The summed E-state index contributed by atoms with van der Waals surface area (Å²) >= 11 is 0. The predicted octanol–water partition coefficient (Wildman–Crippen LogP) is 7.56. The molecule has 2 atom stereocenters. The number of carboxylic acids is 1. The molecule has 1 amide bonds. The lowest BCUT2D eigenvalue weighted by molar-refractivity contribution is -0.150. The van der Waals surface area contributed by atoms with Crippen molar-refractivity contribution in [2.24, 2.45) is 19.8 Å². The van der Waals surface area contributed by atoms with E-state index in [1.165, 1.54) is 24.0 Å². The molecular formula is C60H74F6N14O7. The highest BCUT2D eigenvalue weighted by molar-refractivity contribution is 5.97. The maximum absolute atomic E-state index is 13.7. The summed E-state index contributed by atoms with van der Waals surface area (Å²) in [4.78, 5) is 70.3. The van der Waals surface area contributed by atoms with Gasteiger partial charge in [-0.1, -0.05) is 0 Å². The molecule has 2 aliphatic rings. The lowest BCUT2D eigenvalue weighted by Crippen LogP contribution is -2.49. The van der Waals surface area contributed by atoms with E-state index in [9.17, 15) is 50.6 Å². The van der Waals surface area contributed by atoms with Crippen LogP contribution in [0.5, 0.6) is 11.5 Å². The second kappa shape index (κ2) is 26.8. The molecule has 0 radical (unpaired) electrons. The van der Waals surface area contributed by atoms with Crippen LogP contribution in [0.4, 0.5) is 26.3 Å². The average molecular weight is 1220 g/mol. The van der Waals surface area contributed by atoms with Crippen LogP contribution in [0, 0.1) is 27.7 Å². The number of alkyl halides is 6. The fourth-order valence-electron chi connectivity index (χ4n) is 11.6. The summed E-state index contributed by atoms with van der Waals surface area (Å²) in [5, 5.41) is 12.7. The molecule has 0 spiro atoms. The smallest absolute Gasteiger partial charge is 0.401 e. The van der Waals surface area contributed by atoms with Crippen molar-refractivity contribution in [2.75, 3.05) is 79.7 Å². The fourth-order valence-corrected chi connectivity index (χ4v) is 11.6. The normalized spacial score (nSPS) is 15.4. The summed E-state index contributed by atoms with van der Waals surface area (Å²) in [6.07, 6.45) is 2.47. The molecule has 2 fully saturated rings. The number of carbonyl (C=O) groups excluding carboxylic acids is 1. The first-order valence-corrected chi connectivity index (χ1v) is 28.2. The van der Waals surface area contributed by atoms with Crippen LogP contribution >= 0.6 is 0 Å². The molecule has 2 saturated heterocycles. The van der Waals surface area contributed by atoms with Crippen LogP contribution < -0.4 is 31.6 Å². The van der Waals surface area contributed by atoms with Gasteiger partial charge in [-0.15, -0.1) is 0 Å². The van der Waals surface area contributed by atoms with E-state index in [1.807, 2.05) is 79.0 Å². The molecule has 27 heteroatoms. The number of amides is 1. The number of aryl methyl sites for hydroxylation is 4. The van der Waals surface area contributed by atoms with E-state index in [0.717, 1.165) is 56.2 Å². The van der Waals surface area contributed by atoms with Gasteiger partial charge in [0.2, 0.25) is 0 Å². The maximum atomic E-state index is 13.7. The second-order valence-electron chi connectivity index (χ2n) is 22.0. The van der Waals surface area contributed by atoms with Gasteiger partial charge in [-0.2, -0.15) is 26.3 Å². The van der Waals surface area contributed by atoms with Crippen molar-refractivity contribution in [3.8, 4) is 34.0 Å². The van der Waals surface area contributed by atoms with E-state index in [2.05, 4.69) is 39.5 Å². The number of imidazole rings is 2. The number of hydrogen-bond donors (Lipinski definition) is 5. The number of piperazine rings is 2. The Morgan fingerprint density at radius 3 is 1.43 bits per heavy atom. The van der Waals surface area contributed by atoms with Gasteiger partial charge >= 0.3 is 18.3 Å². The lowest BCUT2D eigenvalue weighted by atomic mass is 10.0. The van der Waals surface area contributed by atoms with Crippen LogP contribution in [0.1, 0.15) is 91.7 Å². The predicted molar refractivity (Wildman–Crippen MR) is 316 cm³/mol. The zero-order valence-corrected chi connectivity index (χ0v) is 50.3. The molecule has 10 heterocycles. The minimum absolute atomic E-state index is 0.0322. The van der Waals surface area contributed by atoms with E-state index in [4.69, 9.17) is 15.2 Å². The summed E-state index contributed by atoms with van der Waals surface area (Å²) in [6, 6.07) is 10.5. The summed E-state index contributed by atoms with van der Waals surface area (Å²) in [5.41, 5.74) is 16.0. The van der Waals surface area contributed by atoms with Crippen molar-refractivity contribution in [1.29, 1.82) is 0 Å². The minimum Gasteiger partial charge on any atom is -0.496 e. The van der Waals surface area contributed by atoms with E-state index in [1.54, 1.807) is 64.0 Å². The van der Waals surface area contributed by atoms with Crippen molar-refractivity contribution >= 4 is 22.9 Å². The summed E-state index contributed by atoms with van der Waals surface area (Å²) in [6.45, 7) is 12.6. The Balaban J connectivity index is 0.000000195. The molecular weight excluding hydrogens is 1140 g/mol. The number of carboxylic acid groups (broad SMARTS) is 1. The van der Waals surface area contributed by atoms with Gasteiger partial charge in [0, 0.05) is 148 Å². The van der Waals surface area contributed by atoms with Crippen LogP contribution in [0.25, 0.3) is 33.5 Å². The number of carbonyl (C=O) groups is 2. The van der Waals surface area contributed by atoms with Crippen molar-refractivity contribution in [3.05, 3.63) is 151 Å². The maximum Gasteiger partial charge on any atom is 0.401 e. The first-order valence-electron chi connectivity index (χ1n) is 28.2. The van der Waals surface area contributed by atoms with Crippen LogP contribution in [-0.4, -0.2) is 166 Å². The van der Waals surface area contributed by atoms with E-state index in [-0.39, 0.29) is 47.8 Å². The zero-order valence-electron chi connectivity index (χ0n) is 50.3. The second-order valence-corrected chi connectivity index (χ2v) is 22.0. The molecule has 10 rings (SSSR count). The van der Waals surface area contributed by atoms with Crippen LogP contribution in [0.15, 0.2) is 83.4 Å². The highest BCUT2D eigenvalue weighted by Gasteiger charge is 2.36. The number of halogens is 6. The van der Waals surface area contributed by atoms with Crippen molar-refractivity contribution in [3.63, 3.8) is 0 Å². The van der Waals surface area contributed by atoms with Gasteiger partial charge in [0.25, 0.3) is 17.0 Å². The third kappa shape index (κ3) is 15.0. The Kier molecular flexibility index (Phi) is 19.9. The van der Waals surface area contributed by atoms with E-state index in [0.29, 0.717) is 91.8 Å². The molecule has 6 N–H and O–H groups in total. The highest BCUT2D eigenvalue weighted by Crippen LogP contribution is 2.35. The van der Waals surface area contributed by atoms with Crippen molar-refractivity contribution < 1.29 is 50.5 Å². The quantitative estimate of drug-likeness (QED) is 0.0624. The zero-order chi connectivity index (χ0) is 63.4. The summed E-state index contributed by atoms with van der Waals surface area (Å²) in [7, 11) is 6.79. The number of H-pyrrole nitrogens is 2. The third-order valence-corrected chi connectivity index (χ3v) is 16.1. The van der Waals surface area contributed by atoms with Gasteiger partial charge in [0.15, 0.2) is 0 Å². The molecule has 2 unspecified atom stereocenters. The minimum atomic E-state index is -4.24. The molecule has 87 heavy (non-hydrogen) atoms. The van der Waals surface area contributed by atoms with Gasteiger partial charge < -0.3 is 53.5 Å². The molecule has 0 saturated carbocycles. The van der Waals surface area contributed by atoms with Gasteiger partial charge in [-0.25, -0.2) is 14.8 Å². The van der Waals surface area contributed by atoms with Crippen molar-refractivity contribution in [2.45, 2.75) is 79.1 Å². The fraction of sp³-hybridized carbons (Fsp3) is 0.433. The molecule has 0 bridgehead atoms. The molecule has 8 aromatic heterocycles. The average Bonchev–Trinajstić information content (AvgIpc) is 2.09. The molecule has 2 aliphatic heterocycles. The van der Waals surface area contributed by atoms with Gasteiger partial charge in [-0.3, -0.25) is 34.0 Å². The Labute approximate surface area is 497 Å². The number of pyridine rings is 4.